The minimum absolute atomic E-state index is 0.922. The molecule has 2 rings (SSSR count). The van der Waals surface area contributed by atoms with Crippen LogP contribution in [0.3, 0.4) is 0 Å². The van der Waals surface area contributed by atoms with Crippen molar-refractivity contribution < 1.29 is 18.5 Å². The van der Waals surface area contributed by atoms with Crippen LogP contribution >= 0.6 is 0 Å². The van der Waals surface area contributed by atoms with Crippen molar-refractivity contribution in [3.8, 4) is 0 Å². The van der Waals surface area contributed by atoms with Crippen LogP contribution in [-0.2, 0) is 18.5 Å². The monoisotopic (exact) mass is 313 g/mol. The van der Waals surface area contributed by atoms with E-state index in [1.807, 2.05) is 24.3 Å². The number of hydrogen-bond donors (Lipinski definition) is 1. The van der Waals surface area contributed by atoms with Gasteiger partial charge in [-0.05, 0) is 0 Å². The Morgan fingerprint density at radius 1 is 0.882 bits per heavy atom. The van der Waals surface area contributed by atoms with E-state index in [2.05, 4.69) is 63.9 Å². The summed E-state index contributed by atoms with van der Waals surface area (Å²) in [6, 6.07) is 20.6. The summed E-state index contributed by atoms with van der Waals surface area (Å²) in [6.45, 7) is 1.88. The summed E-state index contributed by atoms with van der Waals surface area (Å²) >= 11 is 2.65. The maximum atomic E-state index is 3.39. The third-order valence-corrected chi connectivity index (χ3v) is 3.27. The first-order valence-corrected chi connectivity index (χ1v) is 6.40. The molecule has 2 aromatic rings. The molecule has 0 aliphatic rings. The van der Waals surface area contributed by atoms with E-state index in [1.54, 1.807) is 0 Å². The minimum atomic E-state index is 0.922. The molecule has 0 saturated carbocycles. The summed E-state index contributed by atoms with van der Waals surface area (Å²) in [6.07, 6.45) is 0. The van der Waals surface area contributed by atoms with E-state index >= 15 is 0 Å². The molecule has 17 heavy (non-hydrogen) atoms. The van der Waals surface area contributed by atoms with Gasteiger partial charge in [0.2, 0.25) is 0 Å². The van der Waals surface area contributed by atoms with E-state index < -0.39 is 0 Å². The van der Waals surface area contributed by atoms with E-state index in [-0.39, 0.29) is 0 Å². The van der Waals surface area contributed by atoms with E-state index in [4.69, 9.17) is 0 Å². The zero-order valence-electron chi connectivity index (χ0n) is 9.49. The van der Waals surface area contributed by atoms with Gasteiger partial charge in [-0.1, -0.05) is 0 Å². The average molecular weight is 312 g/mol. The second-order valence-corrected chi connectivity index (χ2v) is 4.64. The van der Waals surface area contributed by atoms with E-state index in [0.717, 1.165) is 13.1 Å². The van der Waals surface area contributed by atoms with Crippen LogP contribution < -0.4 is 8.96 Å². The zero-order chi connectivity index (χ0) is 11.9. The van der Waals surface area contributed by atoms with Crippen LogP contribution in [0.25, 0.3) is 0 Å². The van der Waals surface area contributed by atoms with Crippen molar-refractivity contribution in [1.82, 2.24) is 0 Å². The van der Waals surface area contributed by atoms with Crippen LogP contribution in [0.15, 0.2) is 60.7 Å². The van der Waals surface area contributed by atoms with Crippen molar-refractivity contribution in [3.05, 3.63) is 60.7 Å². The standard InChI is InChI=1S/C14H15N2.Ru/c1-3-7-13(8-4-1)15-11-12-16-14-9-5-2-6-10-14;/h1-10,15H,11-12H2;/q-1;+1. The Labute approximate surface area is 113 Å². The van der Waals surface area contributed by atoms with Gasteiger partial charge in [-0.2, -0.15) is 0 Å². The van der Waals surface area contributed by atoms with Gasteiger partial charge in [-0.3, -0.25) is 0 Å². The first-order chi connectivity index (χ1) is 8.36. The molecule has 3 heteroatoms. The summed E-state index contributed by atoms with van der Waals surface area (Å²) in [5.41, 5.74) is 2.39. The van der Waals surface area contributed by atoms with E-state index in [9.17, 15) is 0 Å². The van der Waals surface area contributed by atoms with Crippen LogP contribution in [0.2, 0.25) is 0 Å². The fraction of sp³-hybridized carbons (Fsp3) is 0.143. The molecule has 0 amide bonds. The van der Waals surface area contributed by atoms with Crippen molar-refractivity contribution >= 4 is 11.4 Å². The Morgan fingerprint density at radius 2 is 1.47 bits per heavy atom. The van der Waals surface area contributed by atoms with Crippen LogP contribution in [0, 0.1) is 0 Å². The third-order valence-electron chi connectivity index (χ3n) is 2.44. The van der Waals surface area contributed by atoms with Gasteiger partial charge in [0.25, 0.3) is 0 Å². The van der Waals surface area contributed by atoms with Crippen molar-refractivity contribution in [2.45, 2.75) is 0 Å². The quantitative estimate of drug-likeness (QED) is 0.854. The van der Waals surface area contributed by atoms with Gasteiger partial charge in [-0.25, -0.2) is 0 Å². The van der Waals surface area contributed by atoms with Crippen molar-refractivity contribution in [1.29, 1.82) is 0 Å². The van der Waals surface area contributed by atoms with Crippen LogP contribution in [-0.4, -0.2) is 13.1 Å². The van der Waals surface area contributed by atoms with Crippen LogP contribution in [0.1, 0.15) is 0 Å². The second kappa shape index (κ2) is 6.41. The van der Waals surface area contributed by atoms with Crippen LogP contribution in [0.4, 0.5) is 11.4 Å². The topological polar surface area (TPSA) is 15.3 Å². The molecule has 1 N–H and O–H groups in total. The van der Waals surface area contributed by atoms with Gasteiger partial charge in [0.1, 0.15) is 0 Å². The molecule has 0 heterocycles. The summed E-state index contributed by atoms with van der Waals surface area (Å²) in [7, 11) is 0. The number of hydrogen-bond acceptors (Lipinski definition) is 2. The molecular formula is C14H15N2Ru. The molecule has 0 bridgehead atoms. The molecule has 0 atom stereocenters. The summed E-state index contributed by atoms with van der Waals surface area (Å²) < 4.78 is 2.18. The van der Waals surface area contributed by atoms with Crippen molar-refractivity contribution in [2.75, 3.05) is 22.0 Å². The number of rotatable bonds is 5. The van der Waals surface area contributed by atoms with Gasteiger partial charge in [0, 0.05) is 0 Å². The molecule has 2 nitrogen and oxygen atoms in total. The zero-order valence-corrected chi connectivity index (χ0v) is 11.2. The number of nitrogens with zero attached hydrogens (tertiary/aromatic N) is 1. The van der Waals surface area contributed by atoms with E-state index in [0.29, 0.717) is 0 Å². The Kier molecular flexibility index (Phi) is 4.57. The van der Waals surface area contributed by atoms with E-state index in [1.165, 1.54) is 11.4 Å². The summed E-state index contributed by atoms with van der Waals surface area (Å²) in [5.74, 6) is 0. The molecule has 2 aromatic carbocycles. The second-order valence-electron chi connectivity index (χ2n) is 3.70. The molecular weight excluding hydrogens is 297 g/mol. The van der Waals surface area contributed by atoms with Crippen molar-refractivity contribution in [2.24, 2.45) is 0 Å². The number of anilines is 2. The first-order valence-electron chi connectivity index (χ1n) is 5.62. The SMILES string of the molecule is [Ru][N](CCNc1ccccc1)c1ccccc1. The van der Waals surface area contributed by atoms with Gasteiger partial charge < -0.3 is 0 Å². The van der Waals surface area contributed by atoms with Gasteiger partial charge in [-0.15, -0.1) is 0 Å². The maximum absolute atomic E-state index is 3.39. The fourth-order valence-electron chi connectivity index (χ4n) is 1.57. The van der Waals surface area contributed by atoms with Crippen LogP contribution in [0.5, 0.6) is 0 Å². The third kappa shape index (κ3) is 3.87. The van der Waals surface area contributed by atoms with Gasteiger partial charge in [0.15, 0.2) is 0 Å². The summed E-state index contributed by atoms with van der Waals surface area (Å²) in [5, 5.41) is 3.39. The fourth-order valence-corrected chi connectivity index (χ4v) is 2.02. The summed E-state index contributed by atoms with van der Waals surface area (Å²) in [4.78, 5) is 0. The molecule has 0 aliphatic carbocycles. The molecule has 0 radical (unpaired) electrons. The Balaban J connectivity index is 1.79. The molecule has 89 valence electrons. The van der Waals surface area contributed by atoms with Crippen molar-refractivity contribution in [3.63, 3.8) is 0 Å². The predicted octanol–water partition coefficient (Wildman–Crippen LogP) is 3.07. The Morgan fingerprint density at radius 3 is 2.12 bits per heavy atom. The molecule has 0 fully saturated rings. The Hall–Kier alpha value is -1.34. The van der Waals surface area contributed by atoms with Gasteiger partial charge in [0.05, 0.1) is 0 Å². The number of benzene rings is 2. The molecule has 0 spiro atoms. The molecule has 0 saturated heterocycles. The Bertz CT molecular complexity index is 430. The molecule has 0 aliphatic heterocycles. The first kappa shape index (κ1) is 12.1. The normalized spacial score (nSPS) is 9.94. The number of nitrogens with one attached hydrogen (secondary N) is 1. The molecule has 0 unspecified atom stereocenters. The van der Waals surface area contributed by atoms with Gasteiger partial charge >= 0.3 is 113 Å². The predicted molar refractivity (Wildman–Crippen MR) is 68.7 cm³/mol. The molecule has 0 aromatic heterocycles. The number of para-hydroxylation sites is 2. The average Bonchev–Trinajstić information content (AvgIpc) is 2.41.